The number of sulfone groups is 1. The molecule has 2 atom stereocenters. The van der Waals surface area contributed by atoms with Crippen molar-refractivity contribution in [2.45, 2.75) is 50.3 Å². The fourth-order valence-corrected chi connectivity index (χ4v) is 7.67. The highest BCUT2D eigenvalue weighted by Crippen LogP contribution is 2.35. The number of carbonyl (C=O) groups is 1. The highest BCUT2D eigenvalue weighted by Gasteiger charge is 2.42. The fraction of sp³-hybridized carbons (Fsp3) is 0.524. The molecule has 1 amide bonds. The van der Waals surface area contributed by atoms with Crippen LogP contribution in [0.15, 0.2) is 34.8 Å². The molecule has 1 saturated heterocycles. The molecule has 4 rings (SSSR count). The molecule has 0 bridgehead atoms. The van der Waals surface area contributed by atoms with Crippen LogP contribution in [0.3, 0.4) is 0 Å². The van der Waals surface area contributed by atoms with Gasteiger partial charge < -0.3 is 10.6 Å². The molecule has 156 valence electrons. The molecule has 0 saturated carbocycles. The van der Waals surface area contributed by atoms with Crippen LogP contribution in [0, 0.1) is 6.92 Å². The van der Waals surface area contributed by atoms with Crippen molar-refractivity contribution in [2.24, 2.45) is 4.99 Å². The van der Waals surface area contributed by atoms with Crippen LogP contribution in [-0.4, -0.2) is 48.8 Å². The molecule has 0 aromatic heterocycles. The lowest BCUT2D eigenvalue weighted by Gasteiger charge is -2.14. The lowest BCUT2D eigenvalue weighted by atomic mass is 9.97. The van der Waals surface area contributed by atoms with Crippen LogP contribution in [0.2, 0.25) is 0 Å². The number of allylic oxidation sites excluding steroid dienone is 1. The number of rotatable bonds is 5. The first-order valence-corrected chi connectivity index (χ1v) is 12.9. The number of anilines is 1. The van der Waals surface area contributed by atoms with Crippen molar-refractivity contribution in [3.05, 3.63) is 41.0 Å². The summed E-state index contributed by atoms with van der Waals surface area (Å²) in [5.74, 6) is 0.246. The summed E-state index contributed by atoms with van der Waals surface area (Å²) in [6.45, 7) is 2.63. The highest BCUT2D eigenvalue weighted by molar-refractivity contribution is 8.15. The maximum Gasteiger partial charge on any atom is 0.251 e. The lowest BCUT2D eigenvalue weighted by Crippen LogP contribution is -2.25. The van der Waals surface area contributed by atoms with E-state index in [4.69, 9.17) is 0 Å². The Morgan fingerprint density at radius 2 is 2.14 bits per heavy atom. The topological polar surface area (TPSA) is 87.6 Å². The van der Waals surface area contributed by atoms with Gasteiger partial charge in [0.1, 0.15) is 0 Å². The number of hydrogen-bond acceptors (Lipinski definition) is 6. The van der Waals surface area contributed by atoms with Gasteiger partial charge in [0.25, 0.3) is 5.91 Å². The van der Waals surface area contributed by atoms with Gasteiger partial charge in [0.05, 0.1) is 17.5 Å². The number of benzene rings is 1. The summed E-state index contributed by atoms with van der Waals surface area (Å²) in [7, 11) is -2.96. The van der Waals surface area contributed by atoms with Gasteiger partial charge in [-0.05, 0) is 56.7 Å². The zero-order valence-corrected chi connectivity index (χ0v) is 18.2. The molecule has 8 heteroatoms. The van der Waals surface area contributed by atoms with Crippen molar-refractivity contribution in [2.75, 3.05) is 23.4 Å². The molecular formula is C21H27N3O3S2. The molecule has 0 spiro atoms. The second-order valence-electron chi connectivity index (χ2n) is 8.00. The van der Waals surface area contributed by atoms with Crippen LogP contribution >= 0.6 is 11.8 Å². The predicted molar refractivity (Wildman–Crippen MR) is 120 cm³/mol. The van der Waals surface area contributed by atoms with Crippen molar-refractivity contribution in [1.82, 2.24) is 5.32 Å². The smallest absolute Gasteiger partial charge is 0.251 e. The van der Waals surface area contributed by atoms with Crippen LogP contribution in [-0.2, 0) is 9.84 Å². The molecule has 1 aromatic carbocycles. The zero-order chi connectivity index (χ0) is 20.4. The molecule has 2 heterocycles. The van der Waals surface area contributed by atoms with Crippen LogP contribution in [0.5, 0.6) is 0 Å². The first kappa shape index (κ1) is 20.5. The molecule has 0 unspecified atom stereocenters. The Morgan fingerprint density at radius 1 is 1.28 bits per heavy atom. The van der Waals surface area contributed by atoms with Gasteiger partial charge in [-0.25, -0.2) is 8.42 Å². The van der Waals surface area contributed by atoms with Gasteiger partial charge in [-0.2, -0.15) is 0 Å². The minimum Gasteiger partial charge on any atom is -0.352 e. The van der Waals surface area contributed by atoms with E-state index in [0.717, 1.165) is 35.7 Å². The Kier molecular flexibility index (Phi) is 6.01. The maximum absolute atomic E-state index is 12.6. The average molecular weight is 434 g/mol. The van der Waals surface area contributed by atoms with E-state index < -0.39 is 9.84 Å². The van der Waals surface area contributed by atoms with E-state index in [9.17, 15) is 13.2 Å². The van der Waals surface area contributed by atoms with Crippen molar-refractivity contribution >= 4 is 38.4 Å². The predicted octanol–water partition coefficient (Wildman–Crippen LogP) is 3.30. The summed E-state index contributed by atoms with van der Waals surface area (Å²) in [6.07, 6.45) is 8.06. The van der Waals surface area contributed by atoms with Gasteiger partial charge in [-0.15, -0.1) is 0 Å². The molecule has 1 aromatic rings. The van der Waals surface area contributed by atoms with Gasteiger partial charge in [0, 0.05) is 23.0 Å². The first-order valence-electron chi connectivity index (χ1n) is 10.2. The number of nitrogens with zero attached hydrogens (tertiary/aromatic N) is 1. The van der Waals surface area contributed by atoms with Gasteiger partial charge in [0.2, 0.25) is 0 Å². The fourth-order valence-electron chi connectivity index (χ4n) is 4.00. The van der Waals surface area contributed by atoms with Crippen molar-refractivity contribution in [3.8, 4) is 0 Å². The first-order chi connectivity index (χ1) is 13.9. The highest BCUT2D eigenvalue weighted by atomic mass is 32.2. The molecule has 1 aliphatic carbocycles. The molecular weight excluding hydrogens is 406 g/mol. The summed E-state index contributed by atoms with van der Waals surface area (Å²) in [5, 5.41) is 7.05. The Bertz CT molecular complexity index is 969. The largest absolute Gasteiger partial charge is 0.352 e. The van der Waals surface area contributed by atoms with E-state index in [1.165, 1.54) is 30.2 Å². The molecule has 6 nitrogen and oxygen atoms in total. The second-order valence-corrected chi connectivity index (χ2v) is 11.4. The summed E-state index contributed by atoms with van der Waals surface area (Å²) in [4.78, 5) is 17.1. The van der Waals surface area contributed by atoms with Crippen molar-refractivity contribution in [3.63, 3.8) is 0 Å². The minimum absolute atomic E-state index is 0.00313. The van der Waals surface area contributed by atoms with Crippen LogP contribution in [0.1, 0.15) is 48.0 Å². The molecule has 1 fully saturated rings. The quantitative estimate of drug-likeness (QED) is 0.696. The number of nitrogens with one attached hydrogen (secondary N) is 2. The molecule has 0 radical (unpaired) electrons. The van der Waals surface area contributed by atoms with Crippen LogP contribution in [0.25, 0.3) is 0 Å². The van der Waals surface area contributed by atoms with Crippen LogP contribution < -0.4 is 10.6 Å². The summed E-state index contributed by atoms with van der Waals surface area (Å²) < 4.78 is 23.4. The third-order valence-electron chi connectivity index (χ3n) is 5.68. The summed E-state index contributed by atoms with van der Waals surface area (Å²) >= 11 is 1.48. The molecule has 29 heavy (non-hydrogen) atoms. The maximum atomic E-state index is 12.6. The van der Waals surface area contributed by atoms with E-state index in [2.05, 4.69) is 21.7 Å². The number of fused-ring (bicyclic) bond motifs is 1. The molecule has 2 aliphatic heterocycles. The van der Waals surface area contributed by atoms with E-state index in [-0.39, 0.29) is 28.7 Å². The van der Waals surface area contributed by atoms with E-state index in [0.29, 0.717) is 12.1 Å². The number of hydrogen-bond donors (Lipinski definition) is 2. The van der Waals surface area contributed by atoms with Gasteiger partial charge in [0.15, 0.2) is 15.0 Å². The number of aryl methyl sites for hydroxylation is 1. The summed E-state index contributed by atoms with van der Waals surface area (Å²) in [5.41, 5.74) is 3.91. The van der Waals surface area contributed by atoms with Gasteiger partial charge >= 0.3 is 0 Å². The lowest BCUT2D eigenvalue weighted by molar-refractivity contribution is 0.0954. The van der Waals surface area contributed by atoms with E-state index in [1.54, 1.807) is 0 Å². The van der Waals surface area contributed by atoms with Gasteiger partial charge in [-0.1, -0.05) is 29.5 Å². The van der Waals surface area contributed by atoms with Crippen LogP contribution in [0.4, 0.5) is 5.69 Å². The number of amidine groups is 1. The number of aliphatic imine (C=N–C) groups is 1. The number of carbonyl (C=O) groups excluding carboxylic acids is 1. The second kappa shape index (κ2) is 8.52. The Morgan fingerprint density at radius 3 is 2.90 bits per heavy atom. The number of thioether (sulfide) groups is 1. The third-order valence-corrected chi connectivity index (χ3v) is 8.82. The summed E-state index contributed by atoms with van der Waals surface area (Å²) in [6, 6.07) is 5.44. The van der Waals surface area contributed by atoms with Crippen molar-refractivity contribution in [1.29, 1.82) is 0 Å². The van der Waals surface area contributed by atoms with Crippen molar-refractivity contribution < 1.29 is 13.2 Å². The Balaban J connectivity index is 1.36. The van der Waals surface area contributed by atoms with Gasteiger partial charge in [-0.3, -0.25) is 9.79 Å². The molecule has 3 aliphatic rings. The normalized spacial score (nSPS) is 25.1. The monoisotopic (exact) mass is 433 g/mol. The van der Waals surface area contributed by atoms with E-state index in [1.807, 2.05) is 25.1 Å². The Labute approximate surface area is 176 Å². The Hall–Kier alpha value is -1.80. The molecule has 2 N–H and O–H groups in total. The van der Waals surface area contributed by atoms with E-state index >= 15 is 0 Å². The zero-order valence-electron chi connectivity index (χ0n) is 16.6. The number of amides is 1. The standard InChI is InChI=1S/C21H27N3O3S2/c1-14-7-8-16(20(25)22-10-9-15-5-3-2-4-6-15)11-17(14)23-21-24-18-12-29(26,27)13-19(18)28-21/h5,7-8,11,18-19H,2-4,6,9-10,12-13H2,1H3,(H,22,25)(H,23,24)/t18-,19-/m0/s1. The third kappa shape index (κ3) is 5.04. The minimum atomic E-state index is -2.96. The SMILES string of the molecule is Cc1ccc(C(=O)NCCC2=CCCCC2)cc1NC1=N[C@H]2CS(=O)(=O)C[C@@H]2S1. The average Bonchev–Trinajstić information content (AvgIpc) is 3.16.